The van der Waals surface area contributed by atoms with Crippen molar-refractivity contribution in [3.8, 4) is 5.75 Å². The fourth-order valence-electron chi connectivity index (χ4n) is 3.69. The highest BCUT2D eigenvalue weighted by Gasteiger charge is 2.28. The molecule has 1 N–H and O–H groups in total. The monoisotopic (exact) mass is 441 g/mol. The van der Waals surface area contributed by atoms with Gasteiger partial charge in [-0.15, -0.1) is 0 Å². The van der Waals surface area contributed by atoms with E-state index in [4.69, 9.17) is 16.3 Å². The Morgan fingerprint density at radius 2 is 1.65 bits per heavy atom. The van der Waals surface area contributed by atoms with Crippen LogP contribution in [0.3, 0.4) is 0 Å². The van der Waals surface area contributed by atoms with Crippen molar-refractivity contribution in [1.82, 2.24) is 15.1 Å². The second-order valence-electron chi connectivity index (χ2n) is 8.26. The van der Waals surface area contributed by atoms with Gasteiger partial charge in [0.15, 0.2) is 0 Å². The normalized spacial score (nSPS) is 16.7. The van der Waals surface area contributed by atoms with Crippen LogP contribution in [0.4, 0.5) is 4.79 Å². The van der Waals surface area contributed by atoms with Crippen molar-refractivity contribution in [2.45, 2.75) is 19.3 Å². The molecule has 2 amide bonds. The van der Waals surface area contributed by atoms with E-state index in [0.717, 1.165) is 37.5 Å². The maximum atomic E-state index is 12.4. The lowest BCUT2D eigenvalue weighted by Gasteiger charge is -2.34. The average molecular weight is 442 g/mol. The number of halogens is 1. The largest absolute Gasteiger partial charge is 0.415 e. The second-order valence-corrected chi connectivity index (χ2v) is 8.69. The van der Waals surface area contributed by atoms with Gasteiger partial charge in [-0.05, 0) is 67.1 Å². The molecule has 1 saturated carbocycles. The van der Waals surface area contributed by atoms with Crippen LogP contribution in [0.2, 0.25) is 5.02 Å². The molecule has 2 aromatic rings. The van der Waals surface area contributed by atoms with Crippen molar-refractivity contribution >= 4 is 23.6 Å². The molecule has 0 spiro atoms. The summed E-state index contributed by atoms with van der Waals surface area (Å²) in [5, 5.41) is 3.60. The molecule has 31 heavy (non-hydrogen) atoms. The summed E-state index contributed by atoms with van der Waals surface area (Å²) in [7, 11) is 0. The molecule has 1 aliphatic heterocycles. The Kier molecular flexibility index (Phi) is 7.10. The van der Waals surface area contributed by atoms with Crippen LogP contribution in [-0.4, -0.2) is 61.1 Å². The summed E-state index contributed by atoms with van der Waals surface area (Å²) in [5.41, 5.74) is 1.64. The van der Waals surface area contributed by atoms with Gasteiger partial charge in [0.25, 0.3) is 5.91 Å². The van der Waals surface area contributed by atoms with Crippen LogP contribution in [0.25, 0.3) is 0 Å². The van der Waals surface area contributed by atoms with Gasteiger partial charge in [-0.3, -0.25) is 9.69 Å². The first-order valence-corrected chi connectivity index (χ1v) is 11.3. The van der Waals surface area contributed by atoms with Crippen LogP contribution >= 0.6 is 11.6 Å². The first kappa shape index (κ1) is 21.7. The Hall–Kier alpha value is -2.57. The van der Waals surface area contributed by atoms with E-state index in [1.165, 1.54) is 12.8 Å². The molecule has 0 bridgehead atoms. The number of carbonyl (C=O) groups is 2. The molecule has 1 aliphatic carbocycles. The van der Waals surface area contributed by atoms with Crippen molar-refractivity contribution in [3.63, 3.8) is 0 Å². The molecule has 2 aromatic carbocycles. The highest BCUT2D eigenvalue weighted by atomic mass is 35.5. The quantitative estimate of drug-likeness (QED) is 0.709. The van der Waals surface area contributed by atoms with E-state index in [1.807, 2.05) is 24.3 Å². The zero-order valence-corrected chi connectivity index (χ0v) is 18.3. The second kappa shape index (κ2) is 10.2. The molecule has 7 heteroatoms. The number of hydrogen-bond acceptors (Lipinski definition) is 4. The van der Waals surface area contributed by atoms with E-state index in [-0.39, 0.29) is 12.0 Å². The SMILES string of the molecule is O=C(NCCc1ccc(Cl)cc1)c1ccc(OC(=O)N2CCN(CC3CC3)CC2)cc1. The molecule has 0 aromatic heterocycles. The van der Waals surface area contributed by atoms with Gasteiger partial charge in [-0.2, -0.15) is 0 Å². The summed E-state index contributed by atoms with van der Waals surface area (Å²) in [6.45, 7) is 4.89. The summed E-state index contributed by atoms with van der Waals surface area (Å²) in [6.07, 6.45) is 3.09. The maximum Gasteiger partial charge on any atom is 0.415 e. The van der Waals surface area contributed by atoms with Crippen molar-refractivity contribution in [2.75, 3.05) is 39.3 Å². The number of benzene rings is 2. The summed E-state index contributed by atoms with van der Waals surface area (Å²) in [5.74, 6) is 1.16. The minimum absolute atomic E-state index is 0.154. The summed E-state index contributed by atoms with van der Waals surface area (Å²) in [4.78, 5) is 28.9. The Bertz CT molecular complexity index is 889. The smallest absolute Gasteiger partial charge is 0.410 e. The number of nitrogens with zero attached hydrogens (tertiary/aromatic N) is 2. The molecule has 2 aliphatic rings. The number of carbonyl (C=O) groups excluding carboxylic acids is 2. The Morgan fingerprint density at radius 3 is 2.29 bits per heavy atom. The van der Waals surface area contributed by atoms with Gasteiger partial charge >= 0.3 is 6.09 Å². The lowest BCUT2D eigenvalue weighted by molar-refractivity contribution is 0.0954. The lowest BCUT2D eigenvalue weighted by Crippen LogP contribution is -2.49. The molecule has 0 atom stereocenters. The number of piperazine rings is 1. The Morgan fingerprint density at radius 1 is 0.968 bits per heavy atom. The van der Waals surface area contributed by atoms with Crippen LogP contribution in [0.1, 0.15) is 28.8 Å². The van der Waals surface area contributed by atoms with Crippen molar-refractivity contribution in [1.29, 1.82) is 0 Å². The third-order valence-electron chi connectivity index (χ3n) is 5.78. The molecule has 164 valence electrons. The molecular weight excluding hydrogens is 414 g/mol. The number of rotatable bonds is 7. The standard InChI is InChI=1S/C24H28ClN3O3/c25-21-7-3-18(4-8-21)11-12-26-23(29)20-5-9-22(10-6-20)31-24(30)28-15-13-27(14-16-28)17-19-1-2-19/h3-10,19H,1-2,11-17H2,(H,26,29). The van der Waals surface area contributed by atoms with E-state index in [0.29, 0.717) is 36.0 Å². The highest BCUT2D eigenvalue weighted by molar-refractivity contribution is 6.30. The van der Waals surface area contributed by atoms with Gasteiger partial charge in [0, 0.05) is 49.9 Å². The van der Waals surface area contributed by atoms with Crippen LogP contribution in [0, 0.1) is 5.92 Å². The summed E-state index contributed by atoms with van der Waals surface area (Å²) >= 11 is 5.88. The molecule has 2 fully saturated rings. The third-order valence-corrected chi connectivity index (χ3v) is 6.03. The summed E-state index contributed by atoms with van der Waals surface area (Å²) < 4.78 is 5.49. The van der Waals surface area contributed by atoms with Crippen LogP contribution in [0.15, 0.2) is 48.5 Å². The highest BCUT2D eigenvalue weighted by Crippen LogP contribution is 2.30. The van der Waals surface area contributed by atoms with Crippen molar-refractivity contribution in [3.05, 3.63) is 64.7 Å². The predicted molar refractivity (Wildman–Crippen MR) is 121 cm³/mol. The zero-order valence-electron chi connectivity index (χ0n) is 17.6. The first-order valence-electron chi connectivity index (χ1n) is 10.9. The van der Waals surface area contributed by atoms with Crippen molar-refractivity contribution < 1.29 is 14.3 Å². The predicted octanol–water partition coefficient (Wildman–Crippen LogP) is 3.84. The average Bonchev–Trinajstić information content (AvgIpc) is 3.60. The number of amides is 2. The maximum absolute atomic E-state index is 12.4. The topological polar surface area (TPSA) is 61.9 Å². The molecule has 0 radical (unpaired) electrons. The van der Waals surface area contributed by atoms with Crippen LogP contribution < -0.4 is 10.1 Å². The number of ether oxygens (including phenoxy) is 1. The fraction of sp³-hybridized carbons (Fsp3) is 0.417. The van der Waals surface area contributed by atoms with Gasteiger partial charge in [-0.25, -0.2) is 4.79 Å². The van der Waals surface area contributed by atoms with Crippen LogP contribution in [-0.2, 0) is 6.42 Å². The molecule has 1 saturated heterocycles. The fourth-order valence-corrected chi connectivity index (χ4v) is 3.82. The molecule has 0 unspecified atom stereocenters. The van der Waals surface area contributed by atoms with E-state index in [1.54, 1.807) is 29.2 Å². The van der Waals surface area contributed by atoms with Gasteiger partial charge in [0.2, 0.25) is 0 Å². The van der Waals surface area contributed by atoms with Gasteiger partial charge < -0.3 is 15.0 Å². The van der Waals surface area contributed by atoms with Crippen molar-refractivity contribution in [2.24, 2.45) is 5.92 Å². The Labute approximate surface area is 188 Å². The first-order chi connectivity index (χ1) is 15.1. The minimum atomic E-state index is -0.328. The van der Waals surface area contributed by atoms with Gasteiger partial charge in [0.1, 0.15) is 5.75 Å². The Balaban J connectivity index is 1.19. The van der Waals surface area contributed by atoms with E-state index in [9.17, 15) is 9.59 Å². The molecular formula is C24H28ClN3O3. The lowest BCUT2D eigenvalue weighted by atomic mass is 10.1. The molecule has 1 heterocycles. The molecule has 4 rings (SSSR count). The van der Waals surface area contributed by atoms with Crippen LogP contribution in [0.5, 0.6) is 5.75 Å². The zero-order chi connectivity index (χ0) is 21.6. The van der Waals surface area contributed by atoms with Gasteiger partial charge in [-0.1, -0.05) is 23.7 Å². The van der Waals surface area contributed by atoms with E-state index < -0.39 is 0 Å². The van der Waals surface area contributed by atoms with E-state index >= 15 is 0 Å². The molecule has 6 nitrogen and oxygen atoms in total. The minimum Gasteiger partial charge on any atom is -0.410 e. The number of hydrogen-bond donors (Lipinski definition) is 1. The third kappa shape index (κ3) is 6.45. The van der Waals surface area contributed by atoms with E-state index in [2.05, 4.69) is 10.2 Å². The van der Waals surface area contributed by atoms with Gasteiger partial charge in [0.05, 0.1) is 0 Å². The summed E-state index contributed by atoms with van der Waals surface area (Å²) in [6, 6.07) is 14.3. The number of nitrogens with one attached hydrogen (secondary N) is 1.